The summed E-state index contributed by atoms with van der Waals surface area (Å²) in [6.45, 7) is 2.39. The first-order chi connectivity index (χ1) is 21.8. The van der Waals surface area contributed by atoms with E-state index in [2.05, 4.69) is 21.2 Å². The molecule has 0 fully saturated rings. The van der Waals surface area contributed by atoms with Gasteiger partial charge in [-0.2, -0.15) is 0 Å². The van der Waals surface area contributed by atoms with Gasteiger partial charge in [0, 0.05) is 30.0 Å². The quantitative estimate of drug-likeness (QED) is 0.219. The number of carbonyl (C=O) groups is 2. The van der Waals surface area contributed by atoms with Crippen LogP contribution in [0.5, 0.6) is 11.5 Å². The van der Waals surface area contributed by atoms with E-state index >= 15 is 0 Å². The van der Waals surface area contributed by atoms with E-state index in [0.717, 1.165) is 19.9 Å². The number of anilines is 1. The number of amides is 2. The molecule has 1 aliphatic heterocycles. The summed E-state index contributed by atoms with van der Waals surface area (Å²) < 4.78 is 41.6. The van der Waals surface area contributed by atoms with Crippen molar-refractivity contribution >= 4 is 43.5 Å². The molecule has 5 rings (SSSR count). The number of carbonyl (C=O) groups excluding carboxylic acids is 2. The largest absolute Gasteiger partial charge is 0.486 e. The molecule has 1 N–H and O–H groups in total. The highest BCUT2D eigenvalue weighted by atomic mass is 79.9. The monoisotopic (exact) mass is 691 g/mol. The number of likely N-dealkylation sites (N-methyl/N-ethyl adjacent to an activating group) is 1. The molecule has 1 unspecified atom stereocenters. The molecule has 4 aromatic rings. The zero-order valence-corrected chi connectivity index (χ0v) is 27.2. The summed E-state index contributed by atoms with van der Waals surface area (Å²) in [4.78, 5) is 29.6. The van der Waals surface area contributed by atoms with E-state index in [1.54, 1.807) is 36.4 Å². The predicted molar refractivity (Wildman–Crippen MR) is 176 cm³/mol. The van der Waals surface area contributed by atoms with Crippen molar-refractivity contribution in [3.05, 3.63) is 119 Å². The van der Waals surface area contributed by atoms with Crippen molar-refractivity contribution in [1.82, 2.24) is 10.2 Å². The molecule has 1 atom stereocenters. The standard InChI is InChI=1S/C34H34BrN3O6S/c1-2-36-34(40)30(21-25-10-5-3-6-11-25)37(23-26-12-9-13-27(35)20-26)33(39)24-38(45(41,42)29-14-7-4-8-15-29)28-16-17-31-32(22-28)44-19-18-43-31/h3-17,20,22,30H,2,18-19,21,23-24H2,1H3,(H,36,40). The number of benzene rings is 4. The van der Waals surface area contributed by atoms with Crippen LogP contribution in [0.1, 0.15) is 18.1 Å². The molecule has 1 heterocycles. The number of hydrogen-bond donors (Lipinski definition) is 1. The lowest BCUT2D eigenvalue weighted by molar-refractivity contribution is -0.140. The van der Waals surface area contributed by atoms with Gasteiger partial charge in [-0.25, -0.2) is 8.42 Å². The molecule has 9 nitrogen and oxygen atoms in total. The Bertz CT molecular complexity index is 1740. The van der Waals surface area contributed by atoms with Crippen LogP contribution in [0.25, 0.3) is 0 Å². The maximum absolute atomic E-state index is 14.5. The fraction of sp³-hybridized carbons (Fsp3) is 0.235. The van der Waals surface area contributed by atoms with Crippen LogP contribution in [-0.2, 0) is 32.6 Å². The highest BCUT2D eigenvalue weighted by molar-refractivity contribution is 9.10. The molecule has 11 heteroatoms. The number of fused-ring (bicyclic) bond motifs is 1. The number of sulfonamides is 1. The summed E-state index contributed by atoms with van der Waals surface area (Å²) in [5, 5.41) is 2.87. The van der Waals surface area contributed by atoms with Crippen molar-refractivity contribution in [2.24, 2.45) is 0 Å². The maximum atomic E-state index is 14.5. The molecule has 0 aliphatic carbocycles. The first-order valence-electron chi connectivity index (χ1n) is 14.6. The summed E-state index contributed by atoms with van der Waals surface area (Å²) >= 11 is 3.49. The SMILES string of the molecule is CCNC(=O)C(Cc1ccccc1)N(Cc1cccc(Br)c1)C(=O)CN(c1ccc2c(c1)OCCO2)S(=O)(=O)c1ccccc1. The fourth-order valence-corrected chi connectivity index (χ4v) is 6.99. The van der Waals surface area contributed by atoms with Crippen LogP contribution in [0.4, 0.5) is 5.69 Å². The Kier molecular flexibility index (Phi) is 10.4. The molecule has 0 saturated heterocycles. The van der Waals surface area contributed by atoms with Crippen molar-refractivity contribution in [1.29, 1.82) is 0 Å². The molecule has 0 saturated carbocycles. The van der Waals surface area contributed by atoms with Crippen LogP contribution >= 0.6 is 15.9 Å². The van der Waals surface area contributed by atoms with Crippen molar-refractivity contribution in [2.75, 3.05) is 30.6 Å². The summed E-state index contributed by atoms with van der Waals surface area (Å²) in [6, 6.07) is 28.7. The molecule has 0 bridgehead atoms. The van der Waals surface area contributed by atoms with Crippen LogP contribution in [0.3, 0.4) is 0 Å². The molecular weight excluding hydrogens is 658 g/mol. The normalized spacial score (nSPS) is 13.0. The number of nitrogens with zero attached hydrogens (tertiary/aromatic N) is 2. The molecule has 2 amide bonds. The van der Waals surface area contributed by atoms with Crippen molar-refractivity contribution in [3.63, 3.8) is 0 Å². The zero-order chi connectivity index (χ0) is 31.8. The lowest BCUT2D eigenvalue weighted by atomic mass is 10.0. The average molecular weight is 693 g/mol. The summed E-state index contributed by atoms with van der Waals surface area (Å²) in [6.07, 6.45) is 0.238. The van der Waals surface area contributed by atoms with E-state index < -0.39 is 28.5 Å². The number of ether oxygens (including phenoxy) is 2. The van der Waals surface area contributed by atoms with Gasteiger partial charge in [0.1, 0.15) is 25.8 Å². The van der Waals surface area contributed by atoms with E-state index in [0.29, 0.717) is 31.3 Å². The molecule has 4 aromatic carbocycles. The Morgan fingerprint density at radius 1 is 0.844 bits per heavy atom. The number of nitrogens with one attached hydrogen (secondary N) is 1. The van der Waals surface area contributed by atoms with E-state index in [-0.39, 0.29) is 29.5 Å². The summed E-state index contributed by atoms with van der Waals surface area (Å²) in [5.41, 5.74) is 1.87. The molecule has 1 aliphatic rings. The zero-order valence-electron chi connectivity index (χ0n) is 24.8. The van der Waals surface area contributed by atoms with Gasteiger partial charge in [0.15, 0.2) is 11.5 Å². The summed E-state index contributed by atoms with van der Waals surface area (Å²) in [7, 11) is -4.22. The number of halogens is 1. The van der Waals surface area contributed by atoms with Crippen LogP contribution in [0.2, 0.25) is 0 Å². The second kappa shape index (κ2) is 14.6. The van der Waals surface area contributed by atoms with Crippen molar-refractivity contribution in [2.45, 2.75) is 30.8 Å². The van der Waals surface area contributed by atoms with E-state index in [1.807, 2.05) is 61.5 Å². The van der Waals surface area contributed by atoms with Gasteiger partial charge in [-0.05, 0) is 54.4 Å². The van der Waals surface area contributed by atoms with E-state index in [4.69, 9.17) is 9.47 Å². The van der Waals surface area contributed by atoms with Crippen molar-refractivity contribution < 1.29 is 27.5 Å². The molecule has 0 radical (unpaired) electrons. The molecule has 0 aromatic heterocycles. The Labute approximate surface area is 271 Å². The van der Waals surface area contributed by atoms with Gasteiger partial charge in [0.2, 0.25) is 11.8 Å². The van der Waals surface area contributed by atoms with E-state index in [9.17, 15) is 18.0 Å². The second-order valence-electron chi connectivity index (χ2n) is 10.4. The van der Waals surface area contributed by atoms with Crippen molar-refractivity contribution in [3.8, 4) is 11.5 Å². The minimum Gasteiger partial charge on any atom is -0.486 e. The predicted octanol–water partition coefficient (Wildman–Crippen LogP) is 5.19. The molecule has 234 valence electrons. The van der Waals surface area contributed by atoms with Gasteiger partial charge in [0.25, 0.3) is 10.0 Å². The Morgan fingerprint density at radius 3 is 2.20 bits per heavy atom. The number of rotatable bonds is 12. The minimum atomic E-state index is -4.22. The lowest BCUT2D eigenvalue weighted by Gasteiger charge is -2.34. The Balaban J connectivity index is 1.58. The van der Waals surface area contributed by atoms with Crippen LogP contribution in [0, 0.1) is 0 Å². The smallest absolute Gasteiger partial charge is 0.264 e. The molecule has 0 spiro atoms. The van der Waals surface area contributed by atoms with Gasteiger partial charge >= 0.3 is 0 Å². The van der Waals surface area contributed by atoms with Gasteiger partial charge in [-0.3, -0.25) is 13.9 Å². The molecule has 45 heavy (non-hydrogen) atoms. The highest BCUT2D eigenvalue weighted by Gasteiger charge is 2.35. The van der Waals surface area contributed by atoms with Crippen LogP contribution in [0.15, 0.2) is 112 Å². The highest BCUT2D eigenvalue weighted by Crippen LogP contribution is 2.36. The first-order valence-corrected chi connectivity index (χ1v) is 16.8. The van der Waals surface area contributed by atoms with Gasteiger partial charge in [0.05, 0.1) is 10.6 Å². The third-order valence-electron chi connectivity index (χ3n) is 7.29. The van der Waals surface area contributed by atoms with E-state index in [1.165, 1.54) is 17.0 Å². The minimum absolute atomic E-state index is 0.0239. The Hall–Kier alpha value is -4.35. The lowest BCUT2D eigenvalue weighted by Crippen LogP contribution is -2.53. The number of hydrogen-bond acceptors (Lipinski definition) is 6. The van der Waals surface area contributed by atoms with Crippen LogP contribution < -0.4 is 19.1 Å². The average Bonchev–Trinajstić information content (AvgIpc) is 3.06. The van der Waals surface area contributed by atoms with Gasteiger partial charge in [-0.1, -0.05) is 76.6 Å². The fourth-order valence-electron chi connectivity index (χ4n) is 5.11. The topological polar surface area (TPSA) is 105 Å². The maximum Gasteiger partial charge on any atom is 0.264 e. The third kappa shape index (κ3) is 7.84. The molecular formula is C34H34BrN3O6S. The third-order valence-corrected chi connectivity index (χ3v) is 9.57. The van der Waals surface area contributed by atoms with Crippen LogP contribution in [-0.4, -0.2) is 57.5 Å². The summed E-state index contributed by atoms with van der Waals surface area (Å²) in [5.74, 6) is -0.00314. The first kappa shape index (κ1) is 32.1. The van der Waals surface area contributed by atoms with Gasteiger partial charge < -0.3 is 19.7 Å². The van der Waals surface area contributed by atoms with Gasteiger partial charge in [-0.15, -0.1) is 0 Å². The second-order valence-corrected chi connectivity index (χ2v) is 13.2. The Morgan fingerprint density at radius 2 is 1.51 bits per heavy atom.